The first kappa shape index (κ1) is 16.3. The van der Waals surface area contributed by atoms with E-state index < -0.39 is 0 Å². The predicted molar refractivity (Wildman–Crippen MR) is 98.3 cm³/mol. The molecule has 0 aliphatic carbocycles. The standard InChI is InChI=1S/C21H19N3O2/c25-21(17-9-11-22-23-14-17)24-12-10-18(15-24)16-5-4-8-20(13-16)26-19-6-2-1-3-7-19/h1-9,11,13-14,18H,10,12,15H2/t18-/m1/s1. The van der Waals surface area contributed by atoms with E-state index in [9.17, 15) is 4.79 Å². The maximum absolute atomic E-state index is 12.6. The van der Waals surface area contributed by atoms with Crippen molar-refractivity contribution in [3.8, 4) is 11.5 Å². The summed E-state index contributed by atoms with van der Waals surface area (Å²) in [6, 6.07) is 19.6. The number of para-hydroxylation sites is 1. The van der Waals surface area contributed by atoms with Gasteiger partial charge in [0.1, 0.15) is 11.5 Å². The van der Waals surface area contributed by atoms with Crippen molar-refractivity contribution in [1.82, 2.24) is 15.1 Å². The van der Waals surface area contributed by atoms with Crippen LogP contribution < -0.4 is 4.74 Å². The van der Waals surface area contributed by atoms with E-state index in [1.165, 1.54) is 11.8 Å². The first-order valence-corrected chi connectivity index (χ1v) is 8.68. The van der Waals surface area contributed by atoms with Crippen LogP contribution >= 0.6 is 0 Å². The van der Waals surface area contributed by atoms with Crippen molar-refractivity contribution in [1.29, 1.82) is 0 Å². The number of aromatic nitrogens is 2. The van der Waals surface area contributed by atoms with Crippen LogP contribution in [-0.4, -0.2) is 34.1 Å². The fraction of sp³-hybridized carbons (Fsp3) is 0.190. The van der Waals surface area contributed by atoms with Gasteiger partial charge in [0.05, 0.1) is 18.0 Å². The number of amides is 1. The summed E-state index contributed by atoms with van der Waals surface area (Å²) in [5.41, 5.74) is 1.78. The Morgan fingerprint density at radius 2 is 1.85 bits per heavy atom. The summed E-state index contributed by atoms with van der Waals surface area (Å²) in [7, 11) is 0. The SMILES string of the molecule is O=C(c1ccnnc1)N1CC[C@@H](c2cccc(Oc3ccccc3)c2)C1. The van der Waals surface area contributed by atoms with Gasteiger partial charge in [0, 0.05) is 19.0 Å². The van der Waals surface area contributed by atoms with Gasteiger partial charge in [-0.25, -0.2) is 0 Å². The van der Waals surface area contributed by atoms with Crippen LogP contribution in [0.4, 0.5) is 0 Å². The number of hydrogen-bond donors (Lipinski definition) is 0. The Balaban J connectivity index is 1.45. The highest BCUT2D eigenvalue weighted by Gasteiger charge is 2.28. The Labute approximate surface area is 152 Å². The molecule has 0 bridgehead atoms. The number of carbonyl (C=O) groups excluding carboxylic acids is 1. The zero-order valence-electron chi connectivity index (χ0n) is 14.3. The minimum absolute atomic E-state index is 0.0130. The van der Waals surface area contributed by atoms with Crippen LogP contribution in [0.1, 0.15) is 28.3 Å². The van der Waals surface area contributed by atoms with Crippen LogP contribution in [-0.2, 0) is 0 Å². The Hall–Kier alpha value is -3.21. The lowest BCUT2D eigenvalue weighted by Crippen LogP contribution is -2.28. The van der Waals surface area contributed by atoms with E-state index in [1.54, 1.807) is 12.3 Å². The second-order valence-electron chi connectivity index (χ2n) is 6.36. The molecule has 130 valence electrons. The van der Waals surface area contributed by atoms with Crippen molar-refractivity contribution in [2.45, 2.75) is 12.3 Å². The highest BCUT2D eigenvalue weighted by atomic mass is 16.5. The molecule has 5 nitrogen and oxygen atoms in total. The number of rotatable bonds is 4. The van der Waals surface area contributed by atoms with Crippen LogP contribution in [0.15, 0.2) is 73.1 Å². The Bertz CT molecular complexity index is 884. The van der Waals surface area contributed by atoms with Crippen LogP contribution in [0, 0.1) is 0 Å². The summed E-state index contributed by atoms with van der Waals surface area (Å²) in [4.78, 5) is 14.4. The molecule has 1 aromatic heterocycles. The molecule has 1 aliphatic rings. The number of carbonyl (C=O) groups is 1. The van der Waals surface area contributed by atoms with Crippen LogP contribution in [0.25, 0.3) is 0 Å². The molecule has 0 spiro atoms. The Morgan fingerprint density at radius 1 is 1.00 bits per heavy atom. The van der Waals surface area contributed by atoms with Crippen molar-refractivity contribution in [2.24, 2.45) is 0 Å². The van der Waals surface area contributed by atoms with Gasteiger partial charge in [-0.05, 0) is 42.3 Å². The molecule has 1 fully saturated rings. The third kappa shape index (κ3) is 3.57. The van der Waals surface area contributed by atoms with Gasteiger partial charge in [0.15, 0.2) is 0 Å². The first-order valence-electron chi connectivity index (χ1n) is 8.68. The van der Waals surface area contributed by atoms with Crippen molar-refractivity contribution in [3.63, 3.8) is 0 Å². The van der Waals surface area contributed by atoms with Gasteiger partial charge in [0.2, 0.25) is 0 Å². The second kappa shape index (κ2) is 7.35. The second-order valence-corrected chi connectivity index (χ2v) is 6.36. The smallest absolute Gasteiger partial charge is 0.255 e. The lowest BCUT2D eigenvalue weighted by molar-refractivity contribution is 0.0790. The first-order chi connectivity index (χ1) is 12.8. The van der Waals surface area contributed by atoms with Crippen LogP contribution in [0.5, 0.6) is 11.5 Å². The number of benzene rings is 2. The molecule has 0 N–H and O–H groups in total. The minimum Gasteiger partial charge on any atom is -0.457 e. The highest BCUT2D eigenvalue weighted by Crippen LogP contribution is 2.31. The number of ether oxygens (including phenoxy) is 1. The fourth-order valence-electron chi connectivity index (χ4n) is 3.27. The van der Waals surface area contributed by atoms with Gasteiger partial charge in [-0.3, -0.25) is 4.79 Å². The summed E-state index contributed by atoms with van der Waals surface area (Å²) < 4.78 is 5.93. The van der Waals surface area contributed by atoms with Crippen molar-refractivity contribution >= 4 is 5.91 Å². The molecule has 2 heterocycles. The van der Waals surface area contributed by atoms with Gasteiger partial charge >= 0.3 is 0 Å². The molecule has 2 aromatic carbocycles. The molecule has 1 amide bonds. The third-order valence-corrected chi connectivity index (χ3v) is 4.62. The molecule has 5 heteroatoms. The van der Waals surface area contributed by atoms with Gasteiger partial charge in [-0.1, -0.05) is 30.3 Å². The molecule has 4 rings (SSSR count). The van der Waals surface area contributed by atoms with Gasteiger partial charge in [-0.15, -0.1) is 0 Å². The number of likely N-dealkylation sites (tertiary alicyclic amines) is 1. The van der Waals surface area contributed by atoms with Crippen LogP contribution in [0.2, 0.25) is 0 Å². The molecule has 0 unspecified atom stereocenters. The minimum atomic E-state index is 0.0130. The van der Waals surface area contributed by atoms with E-state index in [2.05, 4.69) is 22.3 Å². The molecule has 1 aliphatic heterocycles. The maximum atomic E-state index is 12.6. The summed E-state index contributed by atoms with van der Waals surface area (Å²) in [6.45, 7) is 1.45. The van der Waals surface area contributed by atoms with Gasteiger partial charge in [-0.2, -0.15) is 10.2 Å². The topological polar surface area (TPSA) is 55.3 Å². The molecule has 0 radical (unpaired) electrons. The number of nitrogens with zero attached hydrogens (tertiary/aromatic N) is 3. The third-order valence-electron chi connectivity index (χ3n) is 4.62. The molecule has 1 saturated heterocycles. The fourth-order valence-corrected chi connectivity index (χ4v) is 3.27. The highest BCUT2D eigenvalue weighted by molar-refractivity contribution is 5.94. The van der Waals surface area contributed by atoms with Gasteiger partial charge in [0.25, 0.3) is 5.91 Å². The monoisotopic (exact) mass is 345 g/mol. The molecular weight excluding hydrogens is 326 g/mol. The van der Waals surface area contributed by atoms with Crippen LogP contribution in [0.3, 0.4) is 0 Å². The zero-order valence-corrected chi connectivity index (χ0v) is 14.3. The lowest BCUT2D eigenvalue weighted by Gasteiger charge is -2.17. The molecule has 26 heavy (non-hydrogen) atoms. The van der Waals surface area contributed by atoms with Crippen molar-refractivity contribution < 1.29 is 9.53 Å². The number of hydrogen-bond acceptors (Lipinski definition) is 4. The molecular formula is C21H19N3O2. The molecule has 1 atom stereocenters. The van der Waals surface area contributed by atoms with E-state index >= 15 is 0 Å². The van der Waals surface area contributed by atoms with Crippen molar-refractivity contribution in [3.05, 3.63) is 84.2 Å². The summed E-state index contributed by atoms with van der Waals surface area (Å²) in [5, 5.41) is 7.52. The van der Waals surface area contributed by atoms with E-state index in [4.69, 9.17) is 4.74 Å². The Kier molecular flexibility index (Phi) is 4.60. The average Bonchev–Trinajstić information content (AvgIpc) is 3.19. The Morgan fingerprint density at radius 3 is 2.65 bits per heavy atom. The van der Waals surface area contributed by atoms with Crippen molar-refractivity contribution in [2.75, 3.05) is 13.1 Å². The normalized spacial score (nSPS) is 16.5. The van der Waals surface area contributed by atoms with E-state index in [0.717, 1.165) is 24.5 Å². The van der Waals surface area contributed by atoms with E-state index in [1.807, 2.05) is 47.4 Å². The quantitative estimate of drug-likeness (QED) is 0.720. The van der Waals surface area contributed by atoms with E-state index in [-0.39, 0.29) is 5.91 Å². The zero-order chi connectivity index (χ0) is 17.8. The van der Waals surface area contributed by atoms with E-state index in [0.29, 0.717) is 18.0 Å². The predicted octanol–water partition coefficient (Wildman–Crippen LogP) is 3.90. The average molecular weight is 345 g/mol. The molecule has 3 aromatic rings. The maximum Gasteiger partial charge on any atom is 0.255 e. The summed E-state index contributed by atoms with van der Waals surface area (Å²) >= 11 is 0. The molecule has 0 saturated carbocycles. The largest absolute Gasteiger partial charge is 0.457 e. The summed E-state index contributed by atoms with van der Waals surface area (Å²) in [6.07, 6.45) is 4.01. The van der Waals surface area contributed by atoms with Gasteiger partial charge < -0.3 is 9.64 Å². The lowest BCUT2D eigenvalue weighted by atomic mass is 9.98. The summed E-state index contributed by atoms with van der Waals surface area (Å²) in [5.74, 6) is 1.96.